The Kier molecular flexibility index (Phi) is 7.84. The minimum atomic E-state index is -2.91. The van der Waals surface area contributed by atoms with Gasteiger partial charge in [-0.3, -0.25) is 19.1 Å². The Balaban J connectivity index is 1.79. The second kappa shape index (κ2) is 9.65. The molecule has 2 rings (SSSR count). The number of amides is 2. The summed E-state index contributed by atoms with van der Waals surface area (Å²) >= 11 is 5.58. The van der Waals surface area contributed by atoms with Gasteiger partial charge in [0.15, 0.2) is 0 Å². The van der Waals surface area contributed by atoms with Gasteiger partial charge in [0, 0.05) is 18.6 Å². The highest BCUT2D eigenvalue weighted by molar-refractivity contribution is 7.59. The van der Waals surface area contributed by atoms with Crippen molar-refractivity contribution in [3.63, 3.8) is 0 Å². The highest BCUT2D eigenvalue weighted by atomic mass is 35.5. The van der Waals surface area contributed by atoms with E-state index in [-0.39, 0.29) is 23.9 Å². The van der Waals surface area contributed by atoms with Gasteiger partial charge in [0.05, 0.1) is 30.0 Å². The zero-order valence-corrected chi connectivity index (χ0v) is 16.5. The summed E-state index contributed by atoms with van der Waals surface area (Å²) in [7, 11) is -2.91. The fourth-order valence-corrected chi connectivity index (χ4v) is 5.68. The molecule has 1 aliphatic rings. The number of unbranched alkanes of at least 4 members (excludes halogenated alkanes) is 2. The number of fused-ring (bicyclic) bond motifs is 1. The largest absolute Gasteiger partial charge is 0.391 e. The van der Waals surface area contributed by atoms with Crippen LogP contribution in [0.25, 0.3) is 0 Å². The van der Waals surface area contributed by atoms with E-state index in [2.05, 4.69) is 0 Å². The van der Waals surface area contributed by atoms with Gasteiger partial charge in [0.25, 0.3) is 11.8 Å². The number of carbonyl (C=O) groups excluding carboxylic acids is 2. The standard InChI is InChI=1S/C18H25ClNO5P/c1-2-25-26(24,13-14(21)12-19)11-7-3-6-10-20-17(22)15-8-4-5-9-16(15)18(20)23/h4-5,8-9,14,21H,2-3,6-7,10-13H2,1H3. The fourth-order valence-electron chi connectivity index (χ4n) is 3.06. The molecule has 144 valence electrons. The van der Waals surface area contributed by atoms with Gasteiger partial charge in [0.2, 0.25) is 7.37 Å². The van der Waals surface area contributed by atoms with E-state index < -0.39 is 13.5 Å². The predicted octanol–water partition coefficient (Wildman–Crippen LogP) is 3.37. The lowest BCUT2D eigenvalue weighted by Crippen LogP contribution is -2.30. The minimum absolute atomic E-state index is 0.0246. The molecule has 2 amide bonds. The lowest BCUT2D eigenvalue weighted by atomic mass is 10.1. The predicted molar refractivity (Wildman–Crippen MR) is 101 cm³/mol. The van der Waals surface area contributed by atoms with Gasteiger partial charge < -0.3 is 9.63 Å². The van der Waals surface area contributed by atoms with Crippen molar-refractivity contribution in [3.8, 4) is 0 Å². The van der Waals surface area contributed by atoms with Crippen molar-refractivity contribution in [3.05, 3.63) is 35.4 Å². The molecule has 0 fully saturated rings. The first-order valence-corrected chi connectivity index (χ1v) is 11.4. The third-order valence-electron chi connectivity index (χ3n) is 4.29. The quantitative estimate of drug-likeness (QED) is 0.266. The molecular formula is C18H25ClNO5P. The van der Waals surface area contributed by atoms with Gasteiger partial charge >= 0.3 is 0 Å². The molecule has 1 heterocycles. The van der Waals surface area contributed by atoms with Gasteiger partial charge in [-0.2, -0.15) is 0 Å². The van der Waals surface area contributed by atoms with Crippen molar-refractivity contribution < 1.29 is 23.8 Å². The number of imide groups is 1. The lowest BCUT2D eigenvalue weighted by Gasteiger charge is -2.20. The molecule has 0 spiro atoms. The molecule has 0 saturated heterocycles. The molecule has 0 radical (unpaired) electrons. The topological polar surface area (TPSA) is 83.9 Å². The van der Waals surface area contributed by atoms with Gasteiger partial charge in [-0.15, -0.1) is 11.6 Å². The molecule has 0 saturated carbocycles. The van der Waals surface area contributed by atoms with E-state index in [0.29, 0.717) is 49.7 Å². The Hall–Kier alpha value is -1.20. The van der Waals surface area contributed by atoms with Crippen LogP contribution in [0, 0.1) is 0 Å². The number of hydrogen-bond acceptors (Lipinski definition) is 5. The van der Waals surface area contributed by atoms with Crippen LogP contribution in [-0.2, 0) is 9.09 Å². The van der Waals surface area contributed by atoms with Crippen LogP contribution < -0.4 is 0 Å². The second-order valence-corrected chi connectivity index (χ2v) is 9.32. The zero-order valence-electron chi connectivity index (χ0n) is 14.9. The Labute approximate surface area is 158 Å². The Morgan fingerprint density at radius 1 is 1.15 bits per heavy atom. The average molecular weight is 402 g/mol. The molecule has 1 N–H and O–H groups in total. The first kappa shape index (κ1) is 21.1. The Morgan fingerprint density at radius 2 is 1.77 bits per heavy atom. The van der Waals surface area contributed by atoms with Gasteiger partial charge in [0.1, 0.15) is 0 Å². The molecule has 2 atom stereocenters. The number of aliphatic hydroxyl groups excluding tert-OH is 1. The number of rotatable bonds is 11. The molecule has 0 aromatic heterocycles. The van der Waals surface area contributed by atoms with Crippen molar-refractivity contribution in [1.29, 1.82) is 0 Å². The van der Waals surface area contributed by atoms with Crippen molar-refractivity contribution in [1.82, 2.24) is 4.90 Å². The smallest absolute Gasteiger partial charge is 0.261 e. The van der Waals surface area contributed by atoms with Crippen molar-refractivity contribution >= 4 is 30.8 Å². The lowest BCUT2D eigenvalue weighted by molar-refractivity contribution is 0.0651. The molecule has 2 unspecified atom stereocenters. The van der Waals surface area contributed by atoms with E-state index in [1.165, 1.54) is 4.90 Å². The third kappa shape index (κ3) is 5.17. The number of carbonyl (C=O) groups is 2. The maximum absolute atomic E-state index is 12.7. The SMILES string of the molecule is CCOP(=O)(CCCCCN1C(=O)c2ccccc2C1=O)CC(O)CCl. The monoisotopic (exact) mass is 401 g/mol. The fraction of sp³-hybridized carbons (Fsp3) is 0.556. The molecule has 1 aliphatic heterocycles. The Morgan fingerprint density at radius 3 is 2.31 bits per heavy atom. The maximum Gasteiger partial charge on any atom is 0.261 e. The summed E-state index contributed by atoms with van der Waals surface area (Å²) in [4.78, 5) is 25.8. The van der Waals surface area contributed by atoms with E-state index in [1.54, 1.807) is 31.2 Å². The molecule has 0 aliphatic carbocycles. The normalized spacial score (nSPS) is 17.3. The van der Waals surface area contributed by atoms with Crippen LogP contribution in [-0.4, -0.2) is 59.3 Å². The molecule has 26 heavy (non-hydrogen) atoms. The highest BCUT2D eigenvalue weighted by Gasteiger charge is 2.34. The molecule has 1 aromatic rings. The zero-order chi connectivity index (χ0) is 19.2. The second-order valence-electron chi connectivity index (χ2n) is 6.31. The first-order chi connectivity index (χ1) is 12.4. The molecular weight excluding hydrogens is 377 g/mol. The number of nitrogens with zero attached hydrogens (tertiary/aromatic N) is 1. The number of aliphatic hydroxyl groups is 1. The molecule has 8 heteroatoms. The van der Waals surface area contributed by atoms with Crippen molar-refractivity contribution in [2.45, 2.75) is 32.3 Å². The highest BCUT2D eigenvalue weighted by Crippen LogP contribution is 2.48. The van der Waals surface area contributed by atoms with Crippen LogP contribution in [0.5, 0.6) is 0 Å². The summed E-state index contributed by atoms with van der Waals surface area (Å²) in [6.07, 6.45) is 1.55. The maximum atomic E-state index is 12.7. The van der Waals surface area contributed by atoms with Crippen LogP contribution in [0.3, 0.4) is 0 Å². The Bertz CT molecular complexity index is 661. The van der Waals surface area contributed by atoms with Gasteiger partial charge in [-0.1, -0.05) is 18.6 Å². The van der Waals surface area contributed by atoms with Crippen molar-refractivity contribution in [2.75, 3.05) is 31.4 Å². The van der Waals surface area contributed by atoms with Crippen LogP contribution in [0.1, 0.15) is 46.9 Å². The number of hydrogen-bond donors (Lipinski definition) is 1. The van der Waals surface area contributed by atoms with E-state index in [1.807, 2.05) is 0 Å². The average Bonchev–Trinajstić information content (AvgIpc) is 2.86. The van der Waals surface area contributed by atoms with Crippen molar-refractivity contribution in [2.24, 2.45) is 0 Å². The summed E-state index contributed by atoms with van der Waals surface area (Å²) in [5.74, 6) is -0.483. The van der Waals surface area contributed by atoms with Gasteiger partial charge in [-0.05, 0) is 31.9 Å². The van der Waals surface area contributed by atoms with E-state index in [4.69, 9.17) is 16.1 Å². The summed E-state index contributed by atoms with van der Waals surface area (Å²) in [6, 6.07) is 6.81. The summed E-state index contributed by atoms with van der Waals surface area (Å²) in [6.45, 7) is 2.43. The third-order valence-corrected chi connectivity index (χ3v) is 7.35. The van der Waals surface area contributed by atoms with Crippen LogP contribution in [0.15, 0.2) is 24.3 Å². The van der Waals surface area contributed by atoms with Gasteiger partial charge in [-0.25, -0.2) is 0 Å². The number of benzene rings is 1. The number of alkyl halides is 1. The number of halogens is 1. The first-order valence-electron chi connectivity index (χ1n) is 8.83. The molecule has 6 nitrogen and oxygen atoms in total. The van der Waals surface area contributed by atoms with E-state index in [9.17, 15) is 19.3 Å². The minimum Gasteiger partial charge on any atom is -0.391 e. The summed E-state index contributed by atoms with van der Waals surface area (Å²) in [5.41, 5.74) is 0.904. The summed E-state index contributed by atoms with van der Waals surface area (Å²) in [5, 5.41) is 9.64. The van der Waals surface area contributed by atoms with E-state index in [0.717, 1.165) is 0 Å². The van der Waals surface area contributed by atoms with Crippen LogP contribution >= 0.6 is 19.0 Å². The van der Waals surface area contributed by atoms with E-state index >= 15 is 0 Å². The summed E-state index contributed by atoms with van der Waals surface area (Å²) < 4.78 is 18.1. The van der Waals surface area contributed by atoms with Crippen LogP contribution in [0.2, 0.25) is 0 Å². The molecule has 0 bridgehead atoms. The van der Waals surface area contributed by atoms with Crippen LogP contribution in [0.4, 0.5) is 0 Å². The molecule has 1 aromatic carbocycles.